The van der Waals surface area contributed by atoms with Gasteiger partial charge in [0.15, 0.2) is 0 Å². The van der Waals surface area contributed by atoms with Gasteiger partial charge in [-0.2, -0.15) is 5.26 Å². The van der Waals surface area contributed by atoms with Gasteiger partial charge >= 0.3 is 0 Å². The molecule has 98 valence electrons. The molecule has 0 aliphatic rings. The van der Waals surface area contributed by atoms with Gasteiger partial charge in [0.2, 0.25) is 5.91 Å². The number of nitriles is 1. The molecule has 1 amide bonds. The van der Waals surface area contributed by atoms with Crippen molar-refractivity contribution >= 4 is 11.6 Å². The lowest BCUT2D eigenvalue weighted by Gasteiger charge is -2.19. The largest absolute Gasteiger partial charge is 0.325 e. The summed E-state index contributed by atoms with van der Waals surface area (Å²) in [7, 11) is 0. The van der Waals surface area contributed by atoms with E-state index in [0.717, 1.165) is 5.56 Å². The Hall–Kier alpha value is -2.26. The van der Waals surface area contributed by atoms with Crippen LogP contribution in [0.2, 0.25) is 0 Å². The van der Waals surface area contributed by atoms with Crippen LogP contribution in [0.1, 0.15) is 38.2 Å². The second-order valence-electron chi connectivity index (χ2n) is 4.77. The molecule has 0 spiro atoms. The summed E-state index contributed by atoms with van der Waals surface area (Å²) < 4.78 is 0. The van der Waals surface area contributed by atoms with Crippen LogP contribution in [0.5, 0.6) is 0 Å². The number of nitrogens with one attached hydrogen (secondary N) is 1. The molecule has 0 aromatic heterocycles. The molecule has 0 saturated carbocycles. The van der Waals surface area contributed by atoms with Crippen LogP contribution < -0.4 is 5.32 Å². The Morgan fingerprint density at radius 1 is 1.47 bits per heavy atom. The Labute approximate surface area is 114 Å². The standard InChI is InChI=1S/C16H18N2O/c1-4-6-15(12(2)3)13-7-5-8-14(11-13)18-16(19)9-10-17/h1,5,7-8,11-12,15H,6,9H2,2-3H3,(H,18,19). The third kappa shape index (κ3) is 4.48. The van der Waals surface area contributed by atoms with Gasteiger partial charge in [0.05, 0.1) is 6.07 Å². The number of carbonyl (C=O) groups is 1. The molecule has 0 aliphatic heterocycles. The molecule has 3 nitrogen and oxygen atoms in total. The molecule has 1 N–H and O–H groups in total. The van der Waals surface area contributed by atoms with Crippen LogP contribution in [0.4, 0.5) is 5.69 Å². The quantitative estimate of drug-likeness (QED) is 0.820. The average Bonchev–Trinajstić information content (AvgIpc) is 2.36. The Bertz CT molecular complexity index is 520. The zero-order chi connectivity index (χ0) is 14.3. The third-order valence-electron chi connectivity index (χ3n) is 2.98. The van der Waals surface area contributed by atoms with Crippen molar-refractivity contribution in [3.63, 3.8) is 0 Å². The minimum atomic E-state index is -0.294. The minimum Gasteiger partial charge on any atom is -0.325 e. The van der Waals surface area contributed by atoms with Crippen LogP contribution in [-0.4, -0.2) is 5.91 Å². The van der Waals surface area contributed by atoms with Crippen LogP contribution in [0.15, 0.2) is 24.3 Å². The lowest BCUT2D eigenvalue weighted by molar-refractivity contribution is -0.115. The molecule has 0 radical (unpaired) electrons. The Morgan fingerprint density at radius 2 is 2.21 bits per heavy atom. The van der Waals surface area contributed by atoms with Gasteiger partial charge in [-0.05, 0) is 29.5 Å². The fraction of sp³-hybridized carbons (Fsp3) is 0.375. The first-order valence-electron chi connectivity index (χ1n) is 6.28. The van der Waals surface area contributed by atoms with E-state index in [0.29, 0.717) is 18.0 Å². The normalized spacial score (nSPS) is 11.4. The lowest BCUT2D eigenvalue weighted by Crippen LogP contribution is -2.11. The van der Waals surface area contributed by atoms with Crippen LogP contribution >= 0.6 is 0 Å². The number of benzene rings is 1. The Balaban J connectivity index is 2.90. The Morgan fingerprint density at radius 3 is 2.79 bits per heavy atom. The number of carbonyl (C=O) groups excluding carboxylic acids is 1. The highest BCUT2D eigenvalue weighted by Gasteiger charge is 2.15. The molecule has 0 heterocycles. The van der Waals surface area contributed by atoms with E-state index in [-0.39, 0.29) is 18.2 Å². The molecule has 0 saturated heterocycles. The van der Waals surface area contributed by atoms with Gasteiger partial charge in [0, 0.05) is 12.1 Å². The van der Waals surface area contributed by atoms with Crippen molar-refractivity contribution in [2.75, 3.05) is 5.32 Å². The van der Waals surface area contributed by atoms with Crippen LogP contribution in [-0.2, 0) is 4.79 Å². The summed E-state index contributed by atoms with van der Waals surface area (Å²) in [5.41, 5.74) is 1.82. The van der Waals surface area contributed by atoms with Gasteiger partial charge in [-0.1, -0.05) is 26.0 Å². The van der Waals surface area contributed by atoms with E-state index in [1.165, 1.54) is 0 Å². The number of amides is 1. The molecule has 0 aliphatic carbocycles. The molecule has 1 unspecified atom stereocenters. The van der Waals surface area contributed by atoms with Crippen molar-refractivity contribution in [2.24, 2.45) is 5.92 Å². The number of hydrogen-bond donors (Lipinski definition) is 1. The van der Waals surface area contributed by atoms with Gasteiger partial charge in [0.25, 0.3) is 0 Å². The van der Waals surface area contributed by atoms with E-state index in [4.69, 9.17) is 11.7 Å². The summed E-state index contributed by atoms with van der Waals surface area (Å²) in [6.07, 6.45) is 5.94. The van der Waals surface area contributed by atoms with Crippen molar-refractivity contribution in [2.45, 2.75) is 32.6 Å². The molecule has 3 heteroatoms. The highest BCUT2D eigenvalue weighted by Crippen LogP contribution is 2.29. The molecule has 0 bridgehead atoms. The Kier molecular flexibility index (Phi) is 5.64. The fourth-order valence-corrected chi connectivity index (χ4v) is 1.99. The van der Waals surface area contributed by atoms with Crippen molar-refractivity contribution < 1.29 is 4.79 Å². The molecule has 1 aromatic rings. The summed E-state index contributed by atoms with van der Waals surface area (Å²) in [5.74, 6) is 3.11. The number of anilines is 1. The zero-order valence-corrected chi connectivity index (χ0v) is 11.3. The van der Waals surface area contributed by atoms with Crippen LogP contribution in [0, 0.1) is 29.6 Å². The summed E-state index contributed by atoms with van der Waals surface area (Å²) >= 11 is 0. The van der Waals surface area contributed by atoms with Gasteiger partial charge in [-0.3, -0.25) is 4.79 Å². The van der Waals surface area contributed by atoms with E-state index < -0.39 is 0 Å². The average molecular weight is 254 g/mol. The third-order valence-corrected chi connectivity index (χ3v) is 2.98. The lowest BCUT2D eigenvalue weighted by atomic mass is 9.86. The zero-order valence-electron chi connectivity index (χ0n) is 11.3. The van der Waals surface area contributed by atoms with Crippen molar-refractivity contribution in [1.82, 2.24) is 0 Å². The molecular weight excluding hydrogens is 236 g/mol. The number of terminal acetylenes is 1. The molecule has 0 fully saturated rings. The van der Waals surface area contributed by atoms with Crippen molar-refractivity contribution in [1.29, 1.82) is 5.26 Å². The summed E-state index contributed by atoms with van der Waals surface area (Å²) in [6, 6.07) is 9.47. The van der Waals surface area contributed by atoms with E-state index in [9.17, 15) is 4.79 Å². The highest BCUT2D eigenvalue weighted by molar-refractivity contribution is 5.92. The monoisotopic (exact) mass is 254 g/mol. The number of rotatable bonds is 5. The molecule has 1 atom stereocenters. The first kappa shape index (κ1) is 14.8. The number of nitrogens with zero attached hydrogens (tertiary/aromatic N) is 1. The summed E-state index contributed by atoms with van der Waals surface area (Å²) in [5, 5.41) is 11.2. The predicted octanol–water partition coefficient (Wildman–Crippen LogP) is 3.30. The second-order valence-corrected chi connectivity index (χ2v) is 4.77. The van der Waals surface area contributed by atoms with Gasteiger partial charge in [-0.25, -0.2) is 0 Å². The molecule has 19 heavy (non-hydrogen) atoms. The molecular formula is C16H18N2O. The van der Waals surface area contributed by atoms with Crippen LogP contribution in [0.25, 0.3) is 0 Å². The summed E-state index contributed by atoms with van der Waals surface area (Å²) in [6.45, 7) is 4.26. The van der Waals surface area contributed by atoms with Crippen molar-refractivity contribution in [3.05, 3.63) is 29.8 Å². The molecule has 1 rings (SSSR count). The maximum Gasteiger partial charge on any atom is 0.238 e. The fourth-order valence-electron chi connectivity index (χ4n) is 1.99. The predicted molar refractivity (Wildman–Crippen MR) is 76.3 cm³/mol. The van der Waals surface area contributed by atoms with Gasteiger partial charge in [-0.15, -0.1) is 12.3 Å². The maximum atomic E-state index is 11.4. The SMILES string of the molecule is C#CCC(c1cccc(NC(=O)CC#N)c1)C(C)C. The van der Waals surface area contributed by atoms with Gasteiger partial charge < -0.3 is 5.32 Å². The van der Waals surface area contributed by atoms with E-state index in [1.54, 1.807) is 0 Å². The van der Waals surface area contributed by atoms with Crippen LogP contribution in [0.3, 0.4) is 0 Å². The van der Waals surface area contributed by atoms with Gasteiger partial charge in [0.1, 0.15) is 6.42 Å². The first-order valence-corrected chi connectivity index (χ1v) is 6.28. The maximum absolute atomic E-state index is 11.4. The second kappa shape index (κ2) is 7.24. The smallest absolute Gasteiger partial charge is 0.238 e. The topological polar surface area (TPSA) is 52.9 Å². The van der Waals surface area contributed by atoms with E-state index >= 15 is 0 Å². The van der Waals surface area contributed by atoms with Crippen molar-refractivity contribution in [3.8, 4) is 18.4 Å². The molecule has 1 aromatic carbocycles. The first-order chi connectivity index (χ1) is 9.08. The van der Waals surface area contributed by atoms with E-state index in [2.05, 4.69) is 25.1 Å². The minimum absolute atomic E-state index is 0.137. The highest BCUT2D eigenvalue weighted by atomic mass is 16.1. The summed E-state index contributed by atoms with van der Waals surface area (Å²) in [4.78, 5) is 11.4. The van der Waals surface area contributed by atoms with E-state index in [1.807, 2.05) is 30.3 Å². The number of hydrogen-bond acceptors (Lipinski definition) is 2.